The maximum absolute atomic E-state index is 11.9. The van der Waals surface area contributed by atoms with Gasteiger partial charge in [0.2, 0.25) is 0 Å². The molecule has 0 aliphatic heterocycles. The van der Waals surface area contributed by atoms with E-state index in [9.17, 15) is 4.79 Å². The zero-order valence-corrected chi connectivity index (χ0v) is 11.4. The fourth-order valence-corrected chi connectivity index (χ4v) is 2.01. The Labute approximate surface area is 117 Å². The number of benzene rings is 1. The van der Waals surface area contributed by atoms with Gasteiger partial charge in [0.05, 0.1) is 18.0 Å². The number of hydrogen-bond acceptors (Lipinski definition) is 3. The summed E-state index contributed by atoms with van der Waals surface area (Å²) >= 11 is 7.78. The Balaban J connectivity index is 2.20. The Morgan fingerprint density at radius 1 is 1.29 bits per heavy atom. The Bertz CT molecular complexity index is 562. The second-order valence-corrected chi connectivity index (χ2v) is 4.71. The Morgan fingerprint density at radius 2 is 2.06 bits per heavy atom. The van der Waals surface area contributed by atoms with Crippen LogP contribution in [0.2, 0.25) is 5.15 Å². The van der Waals surface area contributed by atoms with Gasteiger partial charge in [-0.1, -0.05) is 23.7 Å². The lowest BCUT2D eigenvalue weighted by atomic mass is 10.2. The van der Waals surface area contributed by atoms with E-state index >= 15 is 0 Å². The average Bonchev–Trinajstić information content (AvgIpc) is 2.29. The van der Waals surface area contributed by atoms with Crippen LogP contribution in [0.5, 0.6) is 0 Å². The second-order valence-electron chi connectivity index (χ2n) is 3.16. The Morgan fingerprint density at radius 3 is 2.76 bits per heavy atom. The maximum Gasteiger partial charge on any atom is 0.257 e. The highest BCUT2D eigenvalue weighted by Gasteiger charge is 2.10. The van der Waals surface area contributed by atoms with Crippen LogP contribution in [0.4, 0.5) is 5.82 Å². The molecular formula is C11H7ClIN3O. The molecule has 1 N–H and O–H groups in total. The van der Waals surface area contributed by atoms with Crippen LogP contribution in [0.15, 0.2) is 36.7 Å². The van der Waals surface area contributed by atoms with Gasteiger partial charge in [-0.25, -0.2) is 4.98 Å². The first kappa shape index (κ1) is 12.3. The highest BCUT2D eigenvalue weighted by molar-refractivity contribution is 14.1. The molecule has 4 nitrogen and oxygen atoms in total. The molecule has 2 aromatic rings. The number of nitrogens with zero attached hydrogens (tertiary/aromatic N) is 2. The lowest BCUT2D eigenvalue weighted by Gasteiger charge is -2.05. The summed E-state index contributed by atoms with van der Waals surface area (Å²) in [5.74, 6) is 0.105. The molecule has 0 saturated heterocycles. The normalized spacial score (nSPS) is 10.0. The largest absolute Gasteiger partial charge is 0.305 e. The molecule has 0 aliphatic rings. The highest BCUT2D eigenvalue weighted by Crippen LogP contribution is 2.14. The van der Waals surface area contributed by atoms with E-state index < -0.39 is 0 Å². The standard InChI is InChI=1S/C11H7ClIN3O/c12-9-5-14-6-10(15-9)16-11(17)7-3-1-2-4-8(7)13/h1-6H,(H,15,16,17). The van der Waals surface area contributed by atoms with Gasteiger partial charge in [0.15, 0.2) is 5.82 Å². The fourth-order valence-electron chi connectivity index (χ4n) is 1.23. The van der Waals surface area contributed by atoms with Crippen molar-refractivity contribution in [1.29, 1.82) is 0 Å². The third-order valence-corrected chi connectivity index (χ3v) is 3.09. The number of carbonyl (C=O) groups excluding carboxylic acids is 1. The third-order valence-electron chi connectivity index (χ3n) is 1.97. The van der Waals surface area contributed by atoms with E-state index in [1.54, 1.807) is 12.1 Å². The van der Waals surface area contributed by atoms with Crippen LogP contribution in [0.25, 0.3) is 0 Å². The second kappa shape index (κ2) is 5.42. The number of halogens is 2. The monoisotopic (exact) mass is 359 g/mol. The number of aromatic nitrogens is 2. The molecule has 0 unspecified atom stereocenters. The smallest absolute Gasteiger partial charge is 0.257 e. The number of nitrogens with one attached hydrogen (secondary N) is 1. The van der Waals surface area contributed by atoms with Gasteiger partial charge in [-0.05, 0) is 34.7 Å². The molecule has 86 valence electrons. The number of rotatable bonds is 2. The van der Waals surface area contributed by atoms with Crippen molar-refractivity contribution in [1.82, 2.24) is 9.97 Å². The molecule has 2 rings (SSSR count). The van der Waals surface area contributed by atoms with Gasteiger partial charge < -0.3 is 5.32 Å². The lowest BCUT2D eigenvalue weighted by Crippen LogP contribution is -2.14. The van der Waals surface area contributed by atoms with Gasteiger partial charge in [0.1, 0.15) is 5.15 Å². The zero-order valence-electron chi connectivity index (χ0n) is 8.52. The van der Waals surface area contributed by atoms with Gasteiger partial charge in [0.25, 0.3) is 5.91 Å². The molecule has 0 saturated carbocycles. The zero-order chi connectivity index (χ0) is 12.3. The molecule has 0 radical (unpaired) electrons. The number of hydrogen-bond donors (Lipinski definition) is 1. The summed E-state index contributed by atoms with van der Waals surface area (Å²) in [6, 6.07) is 7.28. The highest BCUT2D eigenvalue weighted by atomic mass is 127. The van der Waals surface area contributed by atoms with Gasteiger partial charge in [-0.3, -0.25) is 9.78 Å². The predicted molar refractivity (Wildman–Crippen MR) is 74.2 cm³/mol. The van der Waals surface area contributed by atoms with E-state index in [0.29, 0.717) is 11.4 Å². The van der Waals surface area contributed by atoms with E-state index in [0.717, 1.165) is 3.57 Å². The van der Waals surface area contributed by atoms with Gasteiger partial charge >= 0.3 is 0 Å². The molecule has 0 fully saturated rings. The Hall–Kier alpha value is -1.21. The molecule has 17 heavy (non-hydrogen) atoms. The van der Waals surface area contributed by atoms with Crippen LogP contribution in [0.3, 0.4) is 0 Å². The van der Waals surface area contributed by atoms with Gasteiger partial charge in [-0.2, -0.15) is 0 Å². The van der Waals surface area contributed by atoms with Crippen LogP contribution < -0.4 is 5.32 Å². The quantitative estimate of drug-likeness (QED) is 0.839. The molecule has 1 amide bonds. The molecule has 6 heteroatoms. The fraction of sp³-hybridized carbons (Fsp3) is 0. The minimum Gasteiger partial charge on any atom is -0.305 e. The summed E-state index contributed by atoms with van der Waals surface area (Å²) in [6.07, 6.45) is 2.85. The maximum atomic E-state index is 11.9. The summed E-state index contributed by atoms with van der Waals surface area (Å²) in [5, 5.41) is 2.88. The van der Waals surface area contributed by atoms with Crippen molar-refractivity contribution in [2.24, 2.45) is 0 Å². The van der Waals surface area contributed by atoms with Gasteiger partial charge in [0, 0.05) is 3.57 Å². The van der Waals surface area contributed by atoms with Gasteiger partial charge in [-0.15, -0.1) is 0 Å². The first-order valence-corrected chi connectivity index (χ1v) is 6.16. The summed E-state index contributed by atoms with van der Waals surface area (Å²) in [5.41, 5.74) is 0.592. The van der Waals surface area contributed by atoms with Crippen LogP contribution in [-0.4, -0.2) is 15.9 Å². The first-order valence-electron chi connectivity index (χ1n) is 4.70. The van der Waals surface area contributed by atoms with E-state index in [-0.39, 0.29) is 11.1 Å². The molecule has 1 heterocycles. The summed E-state index contributed by atoms with van der Waals surface area (Å²) in [7, 11) is 0. The molecular weight excluding hydrogens is 352 g/mol. The topological polar surface area (TPSA) is 54.9 Å². The average molecular weight is 360 g/mol. The minimum absolute atomic E-state index is 0.230. The van der Waals surface area contributed by atoms with E-state index in [4.69, 9.17) is 11.6 Å². The van der Waals surface area contributed by atoms with Crippen molar-refractivity contribution >= 4 is 45.9 Å². The van der Waals surface area contributed by atoms with Crippen LogP contribution >= 0.6 is 34.2 Å². The van der Waals surface area contributed by atoms with Crippen molar-refractivity contribution in [2.45, 2.75) is 0 Å². The summed E-state index contributed by atoms with van der Waals surface area (Å²) in [4.78, 5) is 19.7. The number of carbonyl (C=O) groups is 1. The van der Waals surface area contributed by atoms with Crippen molar-refractivity contribution < 1.29 is 4.79 Å². The van der Waals surface area contributed by atoms with Crippen molar-refractivity contribution in [3.05, 3.63) is 50.9 Å². The first-order chi connectivity index (χ1) is 8.16. The van der Waals surface area contributed by atoms with Crippen LogP contribution in [0.1, 0.15) is 10.4 Å². The summed E-state index contributed by atoms with van der Waals surface area (Å²) in [6.45, 7) is 0. The van der Waals surface area contributed by atoms with Crippen molar-refractivity contribution in [3.8, 4) is 0 Å². The predicted octanol–water partition coefficient (Wildman–Crippen LogP) is 2.99. The minimum atomic E-state index is -0.230. The molecule has 0 spiro atoms. The van der Waals surface area contributed by atoms with E-state index in [2.05, 4.69) is 37.9 Å². The van der Waals surface area contributed by atoms with Crippen molar-refractivity contribution in [2.75, 3.05) is 5.32 Å². The Kier molecular flexibility index (Phi) is 3.90. The third kappa shape index (κ3) is 3.13. The summed E-state index contributed by atoms with van der Waals surface area (Å²) < 4.78 is 0.873. The molecule has 1 aromatic heterocycles. The molecule has 0 aliphatic carbocycles. The molecule has 1 aromatic carbocycles. The van der Waals surface area contributed by atoms with Crippen LogP contribution in [0, 0.1) is 3.57 Å². The SMILES string of the molecule is O=C(Nc1cncc(Cl)n1)c1ccccc1I. The molecule has 0 bridgehead atoms. The van der Waals surface area contributed by atoms with E-state index in [1.807, 2.05) is 12.1 Å². The molecule has 0 atom stereocenters. The van der Waals surface area contributed by atoms with Crippen LogP contribution in [-0.2, 0) is 0 Å². The number of anilines is 1. The number of amides is 1. The lowest BCUT2D eigenvalue weighted by molar-refractivity contribution is 0.102. The van der Waals surface area contributed by atoms with E-state index in [1.165, 1.54) is 12.4 Å². The van der Waals surface area contributed by atoms with Crippen molar-refractivity contribution in [3.63, 3.8) is 0 Å².